The fourth-order valence-corrected chi connectivity index (χ4v) is 5.86. The molecule has 1 amide bonds. The second-order valence-electron chi connectivity index (χ2n) is 7.38. The molecule has 0 radical (unpaired) electrons. The second kappa shape index (κ2) is 7.02. The summed E-state index contributed by atoms with van der Waals surface area (Å²) >= 11 is 0. The van der Waals surface area contributed by atoms with Gasteiger partial charge < -0.3 is 4.74 Å². The lowest BCUT2D eigenvalue weighted by atomic mass is 9.76. The fourth-order valence-electron chi connectivity index (χ4n) is 4.17. The highest BCUT2D eigenvalue weighted by molar-refractivity contribution is 7.89. The van der Waals surface area contributed by atoms with E-state index in [0.29, 0.717) is 12.8 Å². The Morgan fingerprint density at radius 1 is 1.19 bits per heavy atom. The lowest BCUT2D eigenvalue weighted by Gasteiger charge is -2.43. The molecule has 1 saturated carbocycles. The molecule has 2 fully saturated rings. The lowest BCUT2D eigenvalue weighted by Crippen LogP contribution is -2.55. The van der Waals surface area contributed by atoms with Crippen molar-refractivity contribution in [3.8, 4) is 0 Å². The Labute approximate surface area is 154 Å². The number of carbonyl (C=O) groups is 2. The van der Waals surface area contributed by atoms with Crippen molar-refractivity contribution in [2.75, 3.05) is 7.11 Å². The van der Waals surface area contributed by atoms with Crippen molar-refractivity contribution in [1.29, 1.82) is 0 Å². The molecule has 1 aliphatic heterocycles. The van der Waals surface area contributed by atoms with Crippen LogP contribution in [0.25, 0.3) is 0 Å². The van der Waals surface area contributed by atoms with Crippen molar-refractivity contribution >= 4 is 21.9 Å². The number of amides is 1. The Bertz CT molecular complexity index is 794. The van der Waals surface area contributed by atoms with Gasteiger partial charge in [0.25, 0.3) is 10.0 Å². The molecule has 1 aromatic rings. The zero-order valence-electron chi connectivity index (χ0n) is 15.2. The Morgan fingerprint density at radius 3 is 2.38 bits per heavy atom. The molecule has 6 nitrogen and oxygen atoms in total. The van der Waals surface area contributed by atoms with E-state index in [9.17, 15) is 18.0 Å². The summed E-state index contributed by atoms with van der Waals surface area (Å²) in [6.07, 6.45) is 4.33. The molecule has 1 atom stereocenters. The summed E-state index contributed by atoms with van der Waals surface area (Å²) in [4.78, 5) is 25.2. The van der Waals surface area contributed by atoms with Gasteiger partial charge in [-0.25, -0.2) is 12.7 Å². The summed E-state index contributed by atoms with van der Waals surface area (Å²) in [7, 11) is -2.75. The molecule has 1 spiro atoms. The van der Waals surface area contributed by atoms with Gasteiger partial charge in [0.2, 0.25) is 5.91 Å². The van der Waals surface area contributed by atoms with Gasteiger partial charge >= 0.3 is 5.97 Å². The molecule has 0 bridgehead atoms. The number of hydrogen-bond donors (Lipinski definition) is 0. The molecule has 7 heteroatoms. The lowest BCUT2D eigenvalue weighted by molar-refractivity contribution is -0.147. The number of methoxy groups -OCH3 is 1. The number of ether oxygens (including phenoxy) is 1. The van der Waals surface area contributed by atoms with Crippen molar-refractivity contribution in [3.63, 3.8) is 0 Å². The molecule has 0 aromatic heterocycles. The molecule has 26 heavy (non-hydrogen) atoms. The van der Waals surface area contributed by atoms with Crippen LogP contribution in [0.4, 0.5) is 0 Å². The quantitative estimate of drug-likeness (QED) is 0.752. The number of aryl methyl sites for hydroxylation is 1. The minimum absolute atomic E-state index is 0.0846. The maximum atomic E-state index is 13.3. The SMILES string of the molecule is COC(=O)CC1CCC2(CCCC2)C(=O)N1S(=O)(=O)c1ccc(C)cc1. The van der Waals surface area contributed by atoms with Crippen LogP contribution in [0.15, 0.2) is 29.2 Å². The van der Waals surface area contributed by atoms with Gasteiger partial charge in [-0.2, -0.15) is 0 Å². The van der Waals surface area contributed by atoms with Gasteiger partial charge in [0.1, 0.15) is 0 Å². The first-order chi connectivity index (χ1) is 12.3. The molecular formula is C19H25NO5S. The Kier molecular flexibility index (Phi) is 5.10. The highest BCUT2D eigenvalue weighted by Crippen LogP contribution is 2.48. The molecular weight excluding hydrogens is 354 g/mol. The third-order valence-corrected chi connectivity index (χ3v) is 7.56. The molecule has 2 aliphatic rings. The standard InChI is InChI=1S/C19H25NO5S/c1-14-5-7-16(8-6-14)26(23,24)20-15(13-17(21)25-2)9-12-19(18(20)22)10-3-4-11-19/h5-8,15H,3-4,9-13H2,1-2H3. The third-order valence-electron chi connectivity index (χ3n) is 5.71. The van der Waals surface area contributed by atoms with E-state index in [2.05, 4.69) is 0 Å². The fraction of sp³-hybridized carbons (Fsp3) is 0.579. The number of piperidine rings is 1. The predicted molar refractivity (Wildman–Crippen MR) is 95.8 cm³/mol. The minimum Gasteiger partial charge on any atom is -0.469 e. The van der Waals surface area contributed by atoms with E-state index in [0.717, 1.165) is 35.6 Å². The van der Waals surface area contributed by atoms with Crippen molar-refractivity contribution in [2.45, 2.75) is 62.8 Å². The van der Waals surface area contributed by atoms with Crippen LogP contribution in [-0.2, 0) is 24.3 Å². The maximum Gasteiger partial charge on any atom is 0.307 e. The van der Waals surface area contributed by atoms with Crippen molar-refractivity contribution in [2.24, 2.45) is 5.41 Å². The monoisotopic (exact) mass is 379 g/mol. The smallest absolute Gasteiger partial charge is 0.307 e. The summed E-state index contributed by atoms with van der Waals surface area (Å²) in [5.74, 6) is -0.856. The van der Waals surface area contributed by atoms with Crippen LogP contribution in [0.2, 0.25) is 0 Å². The van der Waals surface area contributed by atoms with Crippen molar-refractivity contribution in [1.82, 2.24) is 4.31 Å². The molecule has 142 valence electrons. The van der Waals surface area contributed by atoms with Gasteiger partial charge in [0.05, 0.1) is 29.9 Å². The van der Waals surface area contributed by atoms with E-state index in [4.69, 9.17) is 4.74 Å². The topological polar surface area (TPSA) is 80.8 Å². The Morgan fingerprint density at radius 2 is 1.81 bits per heavy atom. The van der Waals surface area contributed by atoms with E-state index >= 15 is 0 Å². The van der Waals surface area contributed by atoms with Gasteiger partial charge in [0.15, 0.2) is 0 Å². The number of sulfonamides is 1. The van der Waals surface area contributed by atoms with Crippen LogP contribution in [0.1, 0.15) is 50.5 Å². The van der Waals surface area contributed by atoms with Crippen molar-refractivity contribution in [3.05, 3.63) is 29.8 Å². The molecule has 1 unspecified atom stereocenters. The van der Waals surface area contributed by atoms with E-state index in [1.165, 1.54) is 19.2 Å². The van der Waals surface area contributed by atoms with Crippen LogP contribution >= 0.6 is 0 Å². The van der Waals surface area contributed by atoms with Crippen LogP contribution in [0.5, 0.6) is 0 Å². The van der Waals surface area contributed by atoms with Crippen LogP contribution < -0.4 is 0 Å². The zero-order valence-corrected chi connectivity index (χ0v) is 16.0. The summed E-state index contributed by atoms with van der Waals surface area (Å²) in [5.41, 5.74) is 0.344. The van der Waals surface area contributed by atoms with Gasteiger partial charge in [-0.1, -0.05) is 30.5 Å². The van der Waals surface area contributed by atoms with Gasteiger partial charge in [0, 0.05) is 0 Å². The molecule has 1 aliphatic carbocycles. The maximum absolute atomic E-state index is 13.3. The van der Waals surface area contributed by atoms with E-state index in [1.807, 2.05) is 6.92 Å². The van der Waals surface area contributed by atoms with E-state index in [1.54, 1.807) is 12.1 Å². The van der Waals surface area contributed by atoms with E-state index in [-0.39, 0.29) is 17.2 Å². The summed E-state index contributed by atoms with van der Waals surface area (Å²) in [5, 5.41) is 0. The molecule has 0 N–H and O–H groups in total. The van der Waals surface area contributed by atoms with Gasteiger partial charge in [-0.05, 0) is 44.7 Å². The molecule has 1 heterocycles. The van der Waals surface area contributed by atoms with Crippen LogP contribution in [0.3, 0.4) is 0 Å². The number of benzene rings is 1. The predicted octanol–water partition coefficient (Wildman–Crippen LogP) is 2.80. The first kappa shape index (κ1) is 18.9. The first-order valence-corrected chi connectivity index (χ1v) is 10.5. The van der Waals surface area contributed by atoms with E-state index < -0.39 is 27.4 Å². The van der Waals surface area contributed by atoms with Gasteiger partial charge in [-0.15, -0.1) is 0 Å². The highest BCUT2D eigenvalue weighted by atomic mass is 32.2. The van der Waals surface area contributed by atoms with Crippen molar-refractivity contribution < 1.29 is 22.7 Å². The zero-order chi connectivity index (χ0) is 18.9. The second-order valence-corrected chi connectivity index (χ2v) is 9.19. The number of hydrogen-bond acceptors (Lipinski definition) is 5. The van der Waals surface area contributed by atoms with Crippen LogP contribution in [-0.4, -0.2) is 37.8 Å². The normalized spacial score (nSPS) is 22.6. The average molecular weight is 379 g/mol. The number of nitrogens with zero attached hydrogens (tertiary/aromatic N) is 1. The summed E-state index contributed by atoms with van der Waals surface area (Å²) in [6.45, 7) is 1.87. The highest BCUT2D eigenvalue weighted by Gasteiger charge is 2.52. The van der Waals surface area contributed by atoms with Gasteiger partial charge in [-0.3, -0.25) is 9.59 Å². The number of rotatable bonds is 4. The Hall–Kier alpha value is -1.89. The number of esters is 1. The number of carbonyl (C=O) groups excluding carboxylic acids is 2. The summed E-state index contributed by atoms with van der Waals surface area (Å²) in [6, 6.07) is 5.77. The average Bonchev–Trinajstić information content (AvgIpc) is 3.08. The largest absolute Gasteiger partial charge is 0.469 e. The molecule has 1 saturated heterocycles. The first-order valence-electron chi connectivity index (χ1n) is 9.02. The summed E-state index contributed by atoms with van der Waals surface area (Å²) < 4.78 is 32.3. The third kappa shape index (κ3) is 3.24. The molecule has 1 aromatic carbocycles. The minimum atomic E-state index is -4.02. The molecule has 3 rings (SSSR count). The Balaban J connectivity index is 2.01. The van der Waals surface area contributed by atoms with Crippen LogP contribution in [0, 0.1) is 12.3 Å².